The summed E-state index contributed by atoms with van der Waals surface area (Å²) in [4.78, 5) is 12.0. The van der Waals surface area contributed by atoms with Crippen molar-refractivity contribution in [2.24, 2.45) is 10.8 Å². The average Bonchev–Trinajstić information content (AvgIpc) is 2.39. The number of rotatable bonds is 3. The van der Waals surface area contributed by atoms with Crippen LogP contribution < -0.4 is 0 Å². The molecule has 1 aliphatic rings. The normalized spacial score (nSPS) is 30.3. The lowest BCUT2D eigenvalue weighted by Crippen LogP contribution is -2.31. The van der Waals surface area contributed by atoms with Crippen LogP contribution in [0.5, 0.6) is 0 Å². The van der Waals surface area contributed by atoms with Gasteiger partial charge in [-0.1, -0.05) is 13.8 Å². The fraction of sp³-hybridized carbons (Fsp3) is 0.818. The van der Waals surface area contributed by atoms with Gasteiger partial charge in [-0.2, -0.15) is 5.26 Å². The van der Waals surface area contributed by atoms with Gasteiger partial charge in [0.15, 0.2) is 5.78 Å². The van der Waals surface area contributed by atoms with Gasteiger partial charge in [-0.05, 0) is 25.7 Å². The lowest BCUT2D eigenvalue weighted by Gasteiger charge is -2.21. The second-order valence-corrected chi connectivity index (χ2v) is 5.08. The molecule has 0 spiro atoms. The molecule has 0 heterocycles. The van der Waals surface area contributed by atoms with Crippen LogP contribution in [0.1, 0.15) is 39.5 Å². The van der Waals surface area contributed by atoms with Gasteiger partial charge in [0.1, 0.15) is 5.41 Å². The van der Waals surface area contributed by atoms with Crippen LogP contribution in [0.25, 0.3) is 0 Å². The molecule has 0 N–H and O–H groups in total. The third kappa shape index (κ3) is 1.79. The summed E-state index contributed by atoms with van der Waals surface area (Å²) in [6.07, 6.45) is 2.89. The van der Waals surface area contributed by atoms with E-state index < -0.39 is 5.41 Å². The number of alkyl halides is 1. The van der Waals surface area contributed by atoms with Crippen LogP contribution in [0.15, 0.2) is 0 Å². The summed E-state index contributed by atoms with van der Waals surface area (Å²) < 4.78 is 0. The van der Waals surface area contributed by atoms with Gasteiger partial charge in [0.25, 0.3) is 0 Å². The summed E-state index contributed by atoms with van der Waals surface area (Å²) in [5.74, 6) is 0.634. The Bertz CT molecular complexity index is 280. The Labute approximate surface area is 90.2 Å². The third-order valence-electron chi connectivity index (χ3n) is 3.18. The topological polar surface area (TPSA) is 40.9 Å². The molecule has 1 unspecified atom stereocenters. The minimum absolute atomic E-state index is 0.109. The van der Waals surface area contributed by atoms with E-state index in [4.69, 9.17) is 16.9 Å². The van der Waals surface area contributed by atoms with E-state index in [1.54, 1.807) is 0 Å². The number of ketones is 1. The number of nitrogens with zero attached hydrogens (tertiary/aromatic N) is 1. The molecule has 1 saturated carbocycles. The number of nitriles is 1. The first kappa shape index (κ1) is 11.5. The van der Waals surface area contributed by atoms with Crippen molar-refractivity contribution in [3.05, 3.63) is 0 Å². The van der Waals surface area contributed by atoms with Crippen molar-refractivity contribution in [2.75, 3.05) is 5.88 Å². The highest BCUT2D eigenvalue weighted by atomic mass is 35.5. The average molecular weight is 214 g/mol. The molecule has 0 amide bonds. The number of carbonyl (C=O) groups is 1. The molecule has 1 atom stereocenters. The molecule has 0 aromatic heterocycles. The fourth-order valence-corrected chi connectivity index (χ4v) is 2.30. The zero-order chi connectivity index (χ0) is 10.8. The molecule has 0 aromatic rings. The Morgan fingerprint density at radius 1 is 1.50 bits per heavy atom. The summed E-state index contributed by atoms with van der Waals surface area (Å²) in [7, 11) is 0. The summed E-state index contributed by atoms with van der Waals surface area (Å²) >= 11 is 5.60. The van der Waals surface area contributed by atoms with E-state index in [1.165, 1.54) is 0 Å². The molecule has 0 aromatic carbocycles. The van der Waals surface area contributed by atoms with Crippen LogP contribution in [-0.4, -0.2) is 11.7 Å². The maximum atomic E-state index is 12.0. The Morgan fingerprint density at radius 3 is 2.50 bits per heavy atom. The summed E-state index contributed by atoms with van der Waals surface area (Å²) in [5, 5.41) is 9.13. The van der Waals surface area contributed by atoms with Crippen molar-refractivity contribution in [1.82, 2.24) is 0 Å². The monoisotopic (exact) mass is 213 g/mol. The number of Topliss-reactive ketones (excluding diaryl/α,β-unsaturated/α-hetero) is 1. The van der Waals surface area contributed by atoms with Crippen LogP contribution >= 0.6 is 11.6 Å². The molecule has 14 heavy (non-hydrogen) atoms. The van der Waals surface area contributed by atoms with Crippen LogP contribution in [0, 0.1) is 22.2 Å². The first-order valence-corrected chi connectivity index (χ1v) is 5.54. The maximum absolute atomic E-state index is 12.0. The van der Waals surface area contributed by atoms with Gasteiger partial charge in [-0.3, -0.25) is 4.79 Å². The number of hydrogen-bond donors (Lipinski definition) is 0. The van der Waals surface area contributed by atoms with E-state index >= 15 is 0 Å². The molecule has 78 valence electrons. The molecule has 0 bridgehead atoms. The van der Waals surface area contributed by atoms with Crippen molar-refractivity contribution < 1.29 is 4.79 Å². The van der Waals surface area contributed by atoms with E-state index in [0.717, 1.165) is 12.8 Å². The first-order valence-electron chi connectivity index (χ1n) is 5.01. The molecule has 1 rings (SSSR count). The smallest absolute Gasteiger partial charge is 0.158 e. The van der Waals surface area contributed by atoms with Crippen LogP contribution in [0.3, 0.4) is 0 Å². The summed E-state index contributed by atoms with van der Waals surface area (Å²) in [6.45, 7) is 3.85. The second kappa shape index (κ2) is 3.90. The first-order chi connectivity index (χ1) is 6.48. The zero-order valence-corrected chi connectivity index (χ0v) is 9.52. The highest BCUT2D eigenvalue weighted by Crippen LogP contribution is 2.47. The van der Waals surface area contributed by atoms with E-state index in [1.807, 2.05) is 13.8 Å². The van der Waals surface area contributed by atoms with Crippen LogP contribution in [-0.2, 0) is 4.79 Å². The predicted octanol–water partition coefficient (Wildman–Crippen LogP) is 2.90. The van der Waals surface area contributed by atoms with Gasteiger partial charge >= 0.3 is 0 Å². The van der Waals surface area contributed by atoms with Crippen molar-refractivity contribution in [2.45, 2.75) is 39.5 Å². The number of carbonyl (C=O) groups excluding carboxylic acids is 1. The fourth-order valence-electron chi connectivity index (χ4n) is 2.17. The Hall–Kier alpha value is -0.550. The molecule has 2 nitrogen and oxygen atoms in total. The SMILES string of the molecule is CC1(C)CCC(C#N)(CCCCl)C1=O. The second-order valence-electron chi connectivity index (χ2n) is 4.70. The van der Waals surface area contributed by atoms with Crippen molar-refractivity contribution in [3.63, 3.8) is 0 Å². The van der Waals surface area contributed by atoms with Gasteiger partial charge in [-0.15, -0.1) is 11.6 Å². The highest BCUT2D eigenvalue weighted by Gasteiger charge is 2.51. The van der Waals surface area contributed by atoms with E-state index in [2.05, 4.69) is 6.07 Å². The number of halogens is 1. The molecule has 0 aliphatic heterocycles. The van der Waals surface area contributed by atoms with Gasteiger partial charge < -0.3 is 0 Å². The molecular weight excluding hydrogens is 198 g/mol. The van der Waals surface area contributed by atoms with Crippen molar-refractivity contribution >= 4 is 17.4 Å². The van der Waals surface area contributed by atoms with Gasteiger partial charge in [-0.25, -0.2) is 0 Å². The van der Waals surface area contributed by atoms with Gasteiger partial charge in [0.2, 0.25) is 0 Å². The number of hydrogen-bond acceptors (Lipinski definition) is 2. The van der Waals surface area contributed by atoms with Crippen molar-refractivity contribution in [3.8, 4) is 6.07 Å². The Balaban J connectivity index is 2.84. The standard InChI is InChI=1S/C11H16ClNO/c1-10(2)5-6-11(8-13,9(10)14)4-3-7-12/h3-7H2,1-2H3. The lowest BCUT2D eigenvalue weighted by atomic mass is 9.78. The van der Waals surface area contributed by atoms with Crippen molar-refractivity contribution in [1.29, 1.82) is 5.26 Å². The third-order valence-corrected chi connectivity index (χ3v) is 3.44. The minimum atomic E-state index is -0.738. The summed E-state index contributed by atoms with van der Waals surface area (Å²) in [6, 6.07) is 2.21. The largest absolute Gasteiger partial charge is 0.297 e. The summed E-state index contributed by atoms with van der Waals surface area (Å²) in [5.41, 5.74) is -1.06. The van der Waals surface area contributed by atoms with Crippen LogP contribution in [0.4, 0.5) is 0 Å². The highest BCUT2D eigenvalue weighted by molar-refractivity contribution is 6.17. The molecule has 0 saturated heterocycles. The molecule has 3 heteroatoms. The van der Waals surface area contributed by atoms with E-state index in [9.17, 15) is 4.79 Å². The van der Waals surface area contributed by atoms with Gasteiger partial charge in [0.05, 0.1) is 6.07 Å². The van der Waals surface area contributed by atoms with E-state index in [-0.39, 0.29) is 11.2 Å². The predicted molar refractivity (Wildman–Crippen MR) is 56.0 cm³/mol. The maximum Gasteiger partial charge on any atom is 0.158 e. The molecular formula is C11H16ClNO. The van der Waals surface area contributed by atoms with Gasteiger partial charge in [0, 0.05) is 11.3 Å². The molecule has 1 fully saturated rings. The Morgan fingerprint density at radius 2 is 2.14 bits per heavy atom. The Kier molecular flexibility index (Phi) is 3.21. The molecule has 0 radical (unpaired) electrons. The van der Waals surface area contributed by atoms with Crippen LogP contribution in [0.2, 0.25) is 0 Å². The van der Waals surface area contributed by atoms with E-state index in [0.29, 0.717) is 18.7 Å². The zero-order valence-electron chi connectivity index (χ0n) is 8.77. The minimum Gasteiger partial charge on any atom is -0.297 e. The molecule has 1 aliphatic carbocycles. The quantitative estimate of drug-likeness (QED) is 0.677. The lowest BCUT2D eigenvalue weighted by molar-refractivity contribution is -0.130.